The number of para-hydroxylation sites is 1. The van der Waals surface area contributed by atoms with E-state index in [1.54, 1.807) is 0 Å². The van der Waals surface area contributed by atoms with Crippen molar-refractivity contribution in [3.8, 4) is 0 Å². The number of fused-ring (bicyclic) bond motifs is 3. The Morgan fingerprint density at radius 1 is 0.957 bits per heavy atom. The van der Waals surface area contributed by atoms with Crippen LogP contribution < -0.4 is 0 Å². The van der Waals surface area contributed by atoms with E-state index in [4.69, 9.17) is 9.72 Å². The molecule has 1 atom stereocenters. The molecule has 2 aromatic heterocycles. The van der Waals surface area contributed by atoms with Crippen molar-refractivity contribution in [2.75, 3.05) is 45.9 Å². The highest BCUT2D eigenvalue weighted by Gasteiger charge is 2.36. The highest BCUT2D eigenvalue weighted by Crippen LogP contribution is 2.37. The maximum absolute atomic E-state index is 14.2. The summed E-state index contributed by atoms with van der Waals surface area (Å²) in [5.41, 5.74) is 7.33. The van der Waals surface area contributed by atoms with Crippen molar-refractivity contribution < 1.29 is 19.4 Å². The second-order valence-electron chi connectivity index (χ2n) is 13.7. The molecule has 1 saturated carbocycles. The minimum absolute atomic E-state index is 0.0911. The lowest BCUT2D eigenvalue weighted by molar-refractivity contribution is -0.137. The van der Waals surface area contributed by atoms with Gasteiger partial charge in [-0.25, -0.2) is 4.98 Å². The second kappa shape index (κ2) is 13.2. The number of pyridine rings is 1. The van der Waals surface area contributed by atoms with Gasteiger partial charge in [0.15, 0.2) is 0 Å². The van der Waals surface area contributed by atoms with E-state index in [1.807, 2.05) is 6.92 Å². The van der Waals surface area contributed by atoms with Gasteiger partial charge in [-0.3, -0.25) is 14.5 Å². The van der Waals surface area contributed by atoms with Crippen LogP contribution in [-0.2, 0) is 27.3 Å². The van der Waals surface area contributed by atoms with E-state index in [2.05, 4.69) is 69.8 Å². The van der Waals surface area contributed by atoms with Gasteiger partial charge >= 0.3 is 5.97 Å². The molecule has 2 aliphatic heterocycles. The Balaban J connectivity index is 1.16. The summed E-state index contributed by atoms with van der Waals surface area (Å²) in [5.74, 6) is 0.513. The van der Waals surface area contributed by atoms with E-state index in [-0.39, 0.29) is 18.2 Å². The van der Waals surface area contributed by atoms with Gasteiger partial charge in [0, 0.05) is 75.4 Å². The van der Waals surface area contributed by atoms with Gasteiger partial charge in [0.05, 0.1) is 11.4 Å². The standard InChI is InChI=1S/C38H46N4O4/c1-25-31(13-14-34(43)44)26(2)39-37-35(25)32-5-3-4-6-33(32)42(37)24-28-9-11-29(12-10-28)36(30-15-21-46-22-16-30)38(45)41-19-17-40(18-20-41)23-27-7-8-27/h3-6,9-12,27,30,36H,7-8,13-24H2,1-2H3,(H,43,44). The Morgan fingerprint density at radius 2 is 1.67 bits per heavy atom. The van der Waals surface area contributed by atoms with Crippen molar-refractivity contribution in [2.45, 2.75) is 64.8 Å². The lowest BCUT2D eigenvalue weighted by Crippen LogP contribution is -2.51. The third kappa shape index (κ3) is 6.29. The Morgan fingerprint density at radius 3 is 2.37 bits per heavy atom. The Hall–Kier alpha value is -3.75. The average molecular weight is 623 g/mol. The molecule has 1 unspecified atom stereocenters. The van der Waals surface area contributed by atoms with Crippen molar-refractivity contribution >= 4 is 33.8 Å². The molecule has 0 bridgehead atoms. The lowest BCUT2D eigenvalue weighted by Gasteiger charge is -2.39. The SMILES string of the molecule is Cc1nc2c(c(C)c1CCC(=O)O)c1ccccc1n2Cc1ccc(C(C(=O)N2CCN(CC3CC3)CC2)C2CCOCC2)cc1. The van der Waals surface area contributed by atoms with Gasteiger partial charge in [-0.1, -0.05) is 42.5 Å². The molecule has 7 rings (SSSR count). The summed E-state index contributed by atoms with van der Waals surface area (Å²) in [4.78, 5) is 35.2. The molecule has 3 fully saturated rings. The van der Waals surface area contributed by atoms with Crippen molar-refractivity contribution in [2.24, 2.45) is 11.8 Å². The van der Waals surface area contributed by atoms with Crippen LogP contribution in [0.3, 0.4) is 0 Å². The van der Waals surface area contributed by atoms with Gasteiger partial charge in [0.1, 0.15) is 5.65 Å². The topological polar surface area (TPSA) is 87.9 Å². The van der Waals surface area contributed by atoms with E-state index < -0.39 is 5.97 Å². The number of ether oxygens (including phenoxy) is 1. The molecule has 1 aliphatic carbocycles. The van der Waals surface area contributed by atoms with E-state index >= 15 is 0 Å². The number of aromatic nitrogens is 2. The van der Waals surface area contributed by atoms with Crippen LogP contribution in [-0.4, -0.2) is 82.3 Å². The number of aliphatic carboxylic acids is 1. The maximum Gasteiger partial charge on any atom is 0.303 e. The first-order valence-corrected chi connectivity index (χ1v) is 17.1. The lowest BCUT2D eigenvalue weighted by atomic mass is 9.80. The van der Waals surface area contributed by atoms with Crippen molar-refractivity contribution in [1.29, 1.82) is 0 Å². The van der Waals surface area contributed by atoms with Crippen LogP contribution in [0.1, 0.15) is 66.0 Å². The van der Waals surface area contributed by atoms with E-state index in [9.17, 15) is 14.7 Å². The number of carbonyl (C=O) groups is 2. The van der Waals surface area contributed by atoms with Crippen LogP contribution in [0.2, 0.25) is 0 Å². The largest absolute Gasteiger partial charge is 0.481 e. The Kier molecular flexibility index (Phi) is 8.84. The fourth-order valence-electron chi connectivity index (χ4n) is 7.88. The summed E-state index contributed by atoms with van der Waals surface area (Å²) in [6.07, 6.45) is 5.13. The molecule has 46 heavy (non-hydrogen) atoms. The predicted molar refractivity (Wildman–Crippen MR) is 180 cm³/mol. The Labute approximate surface area is 271 Å². The monoisotopic (exact) mass is 622 g/mol. The number of carboxylic acid groups (broad SMARTS) is 1. The zero-order chi connectivity index (χ0) is 31.8. The summed E-state index contributed by atoms with van der Waals surface area (Å²) in [5, 5.41) is 11.6. The number of hydrogen-bond acceptors (Lipinski definition) is 5. The van der Waals surface area contributed by atoms with E-state index in [0.717, 1.165) is 108 Å². The number of carboxylic acids is 1. The normalized spacial score (nSPS) is 18.8. The maximum atomic E-state index is 14.2. The summed E-state index contributed by atoms with van der Waals surface area (Å²) < 4.78 is 7.98. The summed E-state index contributed by atoms with van der Waals surface area (Å²) in [6, 6.07) is 17.1. The van der Waals surface area contributed by atoms with Crippen LogP contribution in [0, 0.1) is 25.7 Å². The molecular formula is C38H46N4O4. The minimum Gasteiger partial charge on any atom is -0.481 e. The van der Waals surface area contributed by atoms with Gasteiger partial charge < -0.3 is 19.3 Å². The molecule has 0 spiro atoms. The van der Waals surface area contributed by atoms with Crippen molar-refractivity contribution in [3.05, 3.63) is 76.5 Å². The van der Waals surface area contributed by atoms with Crippen LogP contribution in [0.15, 0.2) is 48.5 Å². The number of hydrogen-bond donors (Lipinski definition) is 1. The predicted octanol–water partition coefficient (Wildman–Crippen LogP) is 5.94. The van der Waals surface area contributed by atoms with Crippen LogP contribution >= 0.6 is 0 Å². The molecule has 4 aromatic rings. The van der Waals surface area contributed by atoms with Gasteiger partial charge in [-0.2, -0.15) is 0 Å². The molecule has 3 aliphatic rings. The molecule has 8 heteroatoms. The average Bonchev–Trinajstić information content (AvgIpc) is 3.83. The molecular weight excluding hydrogens is 576 g/mol. The number of aryl methyl sites for hydroxylation is 2. The Bertz CT molecular complexity index is 1730. The van der Waals surface area contributed by atoms with E-state index in [0.29, 0.717) is 18.9 Å². The second-order valence-corrected chi connectivity index (χ2v) is 13.7. The molecule has 0 radical (unpaired) electrons. The van der Waals surface area contributed by atoms with Crippen LogP contribution in [0.25, 0.3) is 21.9 Å². The van der Waals surface area contributed by atoms with Crippen molar-refractivity contribution in [3.63, 3.8) is 0 Å². The molecule has 8 nitrogen and oxygen atoms in total. The summed E-state index contributed by atoms with van der Waals surface area (Å²) in [7, 11) is 0. The van der Waals surface area contributed by atoms with Gasteiger partial charge in [0.2, 0.25) is 5.91 Å². The van der Waals surface area contributed by atoms with Gasteiger partial charge in [-0.05, 0) is 86.1 Å². The number of rotatable bonds is 10. The van der Waals surface area contributed by atoms with Gasteiger partial charge in [-0.15, -0.1) is 0 Å². The first-order valence-electron chi connectivity index (χ1n) is 17.1. The smallest absolute Gasteiger partial charge is 0.303 e. The number of nitrogens with zero attached hydrogens (tertiary/aromatic N) is 4. The fourth-order valence-corrected chi connectivity index (χ4v) is 7.88. The summed E-state index contributed by atoms with van der Waals surface area (Å²) >= 11 is 0. The summed E-state index contributed by atoms with van der Waals surface area (Å²) in [6.45, 7) is 11.0. The van der Waals surface area contributed by atoms with Gasteiger partial charge in [0.25, 0.3) is 0 Å². The van der Waals surface area contributed by atoms with Crippen molar-refractivity contribution in [1.82, 2.24) is 19.4 Å². The number of benzene rings is 2. The molecule has 1 amide bonds. The first-order chi connectivity index (χ1) is 22.4. The molecule has 2 saturated heterocycles. The van der Waals surface area contributed by atoms with Crippen LogP contribution in [0.4, 0.5) is 0 Å². The molecule has 2 aromatic carbocycles. The highest BCUT2D eigenvalue weighted by atomic mass is 16.5. The minimum atomic E-state index is -0.794. The zero-order valence-electron chi connectivity index (χ0n) is 27.2. The molecule has 242 valence electrons. The molecule has 1 N–H and O–H groups in total. The zero-order valence-corrected chi connectivity index (χ0v) is 27.2. The number of piperazine rings is 1. The third-order valence-corrected chi connectivity index (χ3v) is 10.7. The molecule has 4 heterocycles. The van der Waals surface area contributed by atoms with Crippen LogP contribution in [0.5, 0.6) is 0 Å². The number of carbonyl (C=O) groups excluding carboxylic acids is 1. The quantitative estimate of drug-likeness (QED) is 0.236. The third-order valence-electron chi connectivity index (χ3n) is 10.7. The number of amides is 1. The first kappa shape index (κ1) is 30.9. The van der Waals surface area contributed by atoms with E-state index in [1.165, 1.54) is 19.4 Å². The fraction of sp³-hybridized carbons (Fsp3) is 0.500. The highest BCUT2D eigenvalue weighted by molar-refractivity contribution is 6.08.